The largest absolute Gasteiger partial charge is 0.465 e. The number of esters is 1. The Hall–Kier alpha value is -2.56. The van der Waals surface area contributed by atoms with Crippen LogP contribution in [-0.2, 0) is 20.9 Å². The van der Waals surface area contributed by atoms with Crippen LogP contribution < -0.4 is 5.73 Å². The molecule has 0 bridgehead atoms. The van der Waals surface area contributed by atoms with Gasteiger partial charge in [-0.15, -0.1) is 0 Å². The first-order valence-corrected chi connectivity index (χ1v) is 6.75. The highest BCUT2D eigenvalue weighted by Gasteiger charge is 2.14. The standard InChI is InChI=1S/C16H18N2O3/c1-3-21-16(20)10-18-11(2)12(8-9-15(17)19)13-6-4-5-7-14(13)18/h4-9H,3,10H2,1-2H3,(H2,17,19)/b9-8+. The number of hydrogen-bond donors (Lipinski definition) is 1. The van der Waals surface area contributed by atoms with Gasteiger partial charge in [-0.2, -0.15) is 0 Å². The van der Waals surface area contributed by atoms with E-state index in [1.54, 1.807) is 13.0 Å². The van der Waals surface area contributed by atoms with E-state index in [0.29, 0.717) is 6.61 Å². The van der Waals surface area contributed by atoms with Gasteiger partial charge in [0, 0.05) is 28.2 Å². The van der Waals surface area contributed by atoms with Crippen molar-refractivity contribution in [3.8, 4) is 0 Å². The predicted octanol–water partition coefficient (Wildman–Crippen LogP) is 2.01. The minimum absolute atomic E-state index is 0.143. The van der Waals surface area contributed by atoms with Crippen molar-refractivity contribution in [2.24, 2.45) is 5.73 Å². The number of hydrogen-bond acceptors (Lipinski definition) is 3. The van der Waals surface area contributed by atoms with Crippen molar-refractivity contribution < 1.29 is 14.3 Å². The maximum absolute atomic E-state index is 11.7. The fourth-order valence-electron chi connectivity index (χ4n) is 2.37. The molecular weight excluding hydrogens is 268 g/mol. The molecule has 110 valence electrons. The average Bonchev–Trinajstić information content (AvgIpc) is 2.70. The number of para-hydroxylation sites is 1. The minimum atomic E-state index is -0.503. The summed E-state index contributed by atoms with van der Waals surface area (Å²) in [6, 6.07) is 7.71. The molecular formula is C16H18N2O3. The molecule has 0 fully saturated rings. The van der Waals surface area contributed by atoms with Gasteiger partial charge in [0.15, 0.2) is 0 Å². The summed E-state index contributed by atoms with van der Waals surface area (Å²) in [5.41, 5.74) is 7.85. The smallest absolute Gasteiger partial charge is 0.325 e. The summed E-state index contributed by atoms with van der Waals surface area (Å²) in [6.07, 6.45) is 3.01. The SMILES string of the molecule is CCOC(=O)Cn1c(C)c(/C=C/C(N)=O)c2ccccc21. The maximum Gasteiger partial charge on any atom is 0.325 e. The van der Waals surface area contributed by atoms with Crippen LogP contribution in [-0.4, -0.2) is 23.1 Å². The van der Waals surface area contributed by atoms with E-state index in [-0.39, 0.29) is 12.5 Å². The molecule has 1 aromatic carbocycles. The fraction of sp³-hybridized carbons (Fsp3) is 0.250. The molecule has 0 aliphatic carbocycles. The number of amides is 1. The van der Waals surface area contributed by atoms with E-state index in [2.05, 4.69) is 0 Å². The van der Waals surface area contributed by atoms with Gasteiger partial charge < -0.3 is 15.0 Å². The molecule has 0 aliphatic rings. The lowest BCUT2D eigenvalue weighted by Gasteiger charge is -2.07. The summed E-state index contributed by atoms with van der Waals surface area (Å²) in [5, 5.41) is 0.969. The van der Waals surface area contributed by atoms with Gasteiger partial charge in [0.1, 0.15) is 6.54 Å². The van der Waals surface area contributed by atoms with Gasteiger partial charge >= 0.3 is 5.97 Å². The van der Waals surface area contributed by atoms with Crippen LogP contribution in [0.15, 0.2) is 30.3 Å². The van der Waals surface area contributed by atoms with Gasteiger partial charge in [-0.25, -0.2) is 0 Å². The van der Waals surface area contributed by atoms with E-state index in [9.17, 15) is 9.59 Å². The van der Waals surface area contributed by atoms with Crippen LogP contribution in [0.1, 0.15) is 18.2 Å². The van der Waals surface area contributed by atoms with Crippen molar-refractivity contribution in [2.45, 2.75) is 20.4 Å². The topological polar surface area (TPSA) is 74.3 Å². The quantitative estimate of drug-likeness (QED) is 0.675. The Morgan fingerprint density at radius 1 is 1.33 bits per heavy atom. The van der Waals surface area contributed by atoms with Gasteiger partial charge in [0.05, 0.1) is 6.61 Å². The summed E-state index contributed by atoms with van der Waals surface area (Å²) < 4.78 is 6.89. The normalized spacial score (nSPS) is 11.1. The number of benzene rings is 1. The monoisotopic (exact) mass is 286 g/mol. The lowest BCUT2D eigenvalue weighted by atomic mass is 10.1. The van der Waals surface area contributed by atoms with Gasteiger partial charge in [-0.3, -0.25) is 9.59 Å². The summed E-state index contributed by atoms with van der Waals surface area (Å²) in [4.78, 5) is 22.7. The first kappa shape index (κ1) is 14.8. The van der Waals surface area contributed by atoms with E-state index >= 15 is 0 Å². The number of ether oxygens (including phenoxy) is 1. The Balaban J connectivity index is 2.53. The Labute approximate surface area is 123 Å². The molecule has 5 heteroatoms. The highest BCUT2D eigenvalue weighted by Crippen LogP contribution is 2.27. The Morgan fingerprint density at radius 3 is 2.71 bits per heavy atom. The zero-order valence-corrected chi connectivity index (χ0v) is 12.1. The first-order valence-electron chi connectivity index (χ1n) is 6.75. The number of rotatable bonds is 5. The fourth-order valence-corrected chi connectivity index (χ4v) is 2.37. The van der Waals surface area contributed by atoms with Crippen LogP contribution in [0.2, 0.25) is 0 Å². The summed E-state index contributed by atoms with van der Waals surface area (Å²) >= 11 is 0. The molecule has 21 heavy (non-hydrogen) atoms. The molecule has 1 aromatic heterocycles. The number of aromatic nitrogens is 1. The van der Waals surface area contributed by atoms with Crippen LogP contribution in [0.3, 0.4) is 0 Å². The Bertz CT molecular complexity index is 714. The molecule has 0 atom stereocenters. The molecule has 2 N–H and O–H groups in total. The van der Waals surface area contributed by atoms with Crippen LogP contribution >= 0.6 is 0 Å². The second-order valence-electron chi connectivity index (χ2n) is 4.64. The predicted molar refractivity (Wildman–Crippen MR) is 81.5 cm³/mol. The number of nitrogens with two attached hydrogens (primary N) is 1. The lowest BCUT2D eigenvalue weighted by molar-refractivity contribution is -0.143. The molecule has 0 aliphatic heterocycles. The first-order chi connectivity index (χ1) is 10.0. The summed E-state index contributed by atoms with van der Waals surface area (Å²) in [5.74, 6) is -0.789. The highest BCUT2D eigenvalue weighted by atomic mass is 16.5. The lowest BCUT2D eigenvalue weighted by Crippen LogP contribution is -2.14. The van der Waals surface area contributed by atoms with Crippen molar-refractivity contribution in [2.75, 3.05) is 6.61 Å². The third-order valence-electron chi connectivity index (χ3n) is 3.29. The van der Waals surface area contributed by atoms with Gasteiger partial charge in [0.25, 0.3) is 0 Å². The molecule has 2 rings (SSSR count). The molecule has 1 amide bonds. The molecule has 5 nitrogen and oxygen atoms in total. The van der Waals surface area contributed by atoms with Crippen LogP contribution in [0.4, 0.5) is 0 Å². The minimum Gasteiger partial charge on any atom is -0.465 e. The maximum atomic E-state index is 11.7. The Kier molecular flexibility index (Phi) is 4.42. The number of nitrogens with zero attached hydrogens (tertiary/aromatic N) is 1. The van der Waals surface area contributed by atoms with Crippen molar-refractivity contribution in [1.29, 1.82) is 0 Å². The summed E-state index contributed by atoms with van der Waals surface area (Å²) in [6.45, 7) is 4.18. The van der Waals surface area contributed by atoms with Crippen LogP contribution in [0.5, 0.6) is 0 Å². The van der Waals surface area contributed by atoms with E-state index < -0.39 is 5.91 Å². The molecule has 1 heterocycles. The van der Waals surface area contributed by atoms with Crippen molar-refractivity contribution in [1.82, 2.24) is 4.57 Å². The van der Waals surface area contributed by atoms with Crippen molar-refractivity contribution in [3.63, 3.8) is 0 Å². The number of carbonyl (C=O) groups is 2. The molecule has 0 unspecified atom stereocenters. The number of fused-ring (bicyclic) bond motifs is 1. The van der Waals surface area contributed by atoms with Crippen LogP contribution in [0.25, 0.3) is 17.0 Å². The van der Waals surface area contributed by atoms with Gasteiger partial charge in [-0.1, -0.05) is 18.2 Å². The summed E-state index contributed by atoms with van der Waals surface area (Å²) in [7, 11) is 0. The number of carbonyl (C=O) groups excluding carboxylic acids is 2. The third kappa shape index (κ3) is 3.13. The van der Waals surface area contributed by atoms with E-state index in [1.807, 2.05) is 35.8 Å². The molecule has 0 saturated heterocycles. The highest BCUT2D eigenvalue weighted by molar-refractivity contribution is 5.97. The second-order valence-corrected chi connectivity index (χ2v) is 4.64. The Morgan fingerprint density at radius 2 is 2.05 bits per heavy atom. The average molecular weight is 286 g/mol. The van der Waals surface area contributed by atoms with Crippen molar-refractivity contribution >= 4 is 28.9 Å². The van der Waals surface area contributed by atoms with Crippen molar-refractivity contribution in [3.05, 3.63) is 41.6 Å². The second kappa shape index (κ2) is 6.26. The molecule has 2 aromatic rings. The van der Waals surface area contributed by atoms with Gasteiger partial charge in [0.2, 0.25) is 5.91 Å². The van der Waals surface area contributed by atoms with E-state index in [0.717, 1.165) is 22.2 Å². The third-order valence-corrected chi connectivity index (χ3v) is 3.29. The zero-order chi connectivity index (χ0) is 15.4. The number of primary amides is 1. The van der Waals surface area contributed by atoms with E-state index in [4.69, 9.17) is 10.5 Å². The molecule has 0 saturated carbocycles. The molecule has 0 radical (unpaired) electrons. The van der Waals surface area contributed by atoms with Gasteiger partial charge in [-0.05, 0) is 26.0 Å². The van der Waals surface area contributed by atoms with E-state index in [1.165, 1.54) is 6.08 Å². The molecule has 0 spiro atoms. The van der Waals surface area contributed by atoms with Crippen LogP contribution in [0, 0.1) is 6.92 Å². The zero-order valence-electron chi connectivity index (χ0n) is 12.1.